The Morgan fingerprint density at radius 1 is 1.09 bits per heavy atom. The molecule has 1 fully saturated rings. The molecule has 3 heteroatoms. The number of aromatic nitrogens is 2. The maximum Gasteiger partial charge on any atom is 0.124 e. The van der Waals surface area contributed by atoms with Crippen molar-refractivity contribution in [2.75, 3.05) is 13.1 Å². The number of imidazole rings is 1. The molecule has 1 saturated heterocycles. The van der Waals surface area contributed by atoms with Crippen molar-refractivity contribution in [1.82, 2.24) is 14.5 Å². The molecule has 0 amide bonds. The molecular weight excluding hydrogens is 282 g/mol. The van der Waals surface area contributed by atoms with Crippen molar-refractivity contribution < 1.29 is 8.22 Å². The molecule has 0 aliphatic carbocycles. The second-order valence-electron chi connectivity index (χ2n) is 5.83. The van der Waals surface area contributed by atoms with Crippen LogP contribution in [0.5, 0.6) is 0 Å². The molecule has 0 atom stereocenters. The summed E-state index contributed by atoms with van der Waals surface area (Å²) in [6, 6.07) is 14.6. The lowest BCUT2D eigenvalue weighted by molar-refractivity contribution is 0.318. The molecule has 0 saturated carbocycles. The number of aryl methyl sites for hydroxylation is 1. The lowest BCUT2D eigenvalue weighted by Crippen LogP contribution is -2.21. The largest absolute Gasteiger partial charge is 0.322 e. The lowest BCUT2D eigenvalue weighted by atomic mass is 10.1. The summed E-state index contributed by atoms with van der Waals surface area (Å²) in [6.45, 7) is 0.135. The first-order valence-corrected chi connectivity index (χ1v) is 7.78. The number of nitrogens with zero attached hydrogens (tertiary/aromatic N) is 3. The maximum atomic E-state index is 8.87. The molecule has 2 aromatic carbocycles. The van der Waals surface area contributed by atoms with E-state index in [1.807, 2.05) is 43.3 Å². The molecule has 0 N–H and O–H groups in total. The highest BCUT2D eigenvalue weighted by molar-refractivity contribution is 5.76. The van der Waals surface area contributed by atoms with Crippen molar-refractivity contribution in [3.63, 3.8) is 0 Å². The molecule has 1 aliphatic heterocycles. The highest BCUT2D eigenvalue weighted by atomic mass is 15.2. The Kier molecular flexibility index (Phi) is 2.48. The summed E-state index contributed by atoms with van der Waals surface area (Å²) in [5.74, 6) is 0.449. The third-order valence-electron chi connectivity index (χ3n) is 4.02. The minimum atomic E-state index is -1.96. The van der Waals surface area contributed by atoms with E-state index in [-0.39, 0.29) is 19.6 Å². The SMILES string of the molecule is [2H]C([2H])(c1ccc(C)cc1)n1c(CN2CC([2H])([2H])C([2H])([2H])C2)nc2ccccc21. The number of likely N-dealkylation sites (tertiary alicyclic amines) is 1. The first-order chi connectivity index (χ1) is 13.5. The van der Waals surface area contributed by atoms with Crippen molar-refractivity contribution in [2.24, 2.45) is 0 Å². The molecule has 3 nitrogen and oxygen atoms in total. The summed E-state index contributed by atoms with van der Waals surface area (Å²) < 4.78 is 51.2. The van der Waals surface area contributed by atoms with Gasteiger partial charge in [-0.3, -0.25) is 4.90 Å². The Morgan fingerprint density at radius 3 is 2.61 bits per heavy atom. The molecule has 0 spiro atoms. The summed E-state index contributed by atoms with van der Waals surface area (Å²) >= 11 is 0. The number of hydrogen-bond acceptors (Lipinski definition) is 2. The Hall–Kier alpha value is -2.13. The van der Waals surface area contributed by atoms with Gasteiger partial charge in [-0.2, -0.15) is 0 Å². The number of rotatable bonds is 4. The van der Waals surface area contributed by atoms with E-state index in [2.05, 4.69) is 4.98 Å². The molecule has 0 radical (unpaired) electrons. The van der Waals surface area contributed by atoms with Crippen molar-refractivity contribution in [3.8, 4) is 0 Å². The molecule has 2 heterocycles. The van der Waals surface area contributed by atoms with Crippen LogP contribution in [-0.4, -0.2) is 27.5 Å². The van der Waals surface area contributed by atoms with E-state index < -0.39 is 19.2 Å². The average Bonchev–Trinajstić information content (AvgIpc) is 3.08. The molecule has 118 valence electrons. The summed E-state index contributed by atoms with van der Waals surface area (Å²) in [6.07, 6.45) is -3.92. The molecule has 23 heavy (non-hydrogen) atoms. The van der Waals surface area contributed by atoms with Crippen LogP contribution in [0.2, 0.25) is 0 Å². The summed E-state index contributed by atoms with van der Waals surface area (Å²) in [4.78, 5) is 6.29. The van der Waals surface area contributed by atoms with Gasteiger partial charge in [0, 0.05) is 12.0 Å². The van der Waals surface area contributed by atoms with E-state index in [0.717, 1.165) is 5.56 Å². The van der Waals surface area contributed by atoms with E-state index in [9.17, 15) is 0 Å². The Morgan fingerprint density at radius 2 is 1.83 bits per heavy atom. The Bertz CT molecular complexity index is 1030. The van der Waals surface area contributed by atoms with Crippen molar-refractivity contribution in [3.05, 3.63) is 65.5 Å². The Balaban J connectivity index is 1.79. The van der Waals surface area contributed by atoms with Crippen LogP contribution in [0.3, 0.4) is 0 Å². The second-order valence-corrected chi connectivity index (χ2v) is 5.83. The number of hydrogen-bond donors (Lipinski definition) is 0. The smallest absolute Gasteiger partial charge is 0.124 e. The monoisotopic (exact) mass is 311 g/mol. The topological polar surface area (TPSA) is 21.1 Å². The highest BCUT2D eigenvalue weighted by Crippen LogP contribution is 2.21. The van der Waals surface area contributed by atoms with Gasteiger partial charge in [-0.15, -0.1) is 0 Å². The fourth-order valence-electron chi connectivity index (χ4n) is 2.77. The fraction of sp³-hybridized carbons (Fsp3) is 0.350. The van der Waals surface area contributed by atoms with Crippen LogP contribution in [0, 0.1) is 6.92 Å². The minimum Gasteiger partial charge on any atom is -0.322 e. The summed E-state index contributed by atoms with van der Waals surface area (Å²) in [5.41, 5.74) is 2.85. The van der Waals surface area contributed by atoms with Crippen LogP contribution in [0.1, 0.15) is 37.9 Å². The quantitative estimate of drug-likeness (QED) is 0.726. The van der Waals surface area contributed by atoms with Crippen LogP contribution in [0.25, 0.3) is 11.0 Å². The van der Waals surface area contributed by atoms with Gasteiger partial charge in [0.2, 0.25) is 0 Å². The predicted molar refractivity (Wildman–Crippen MR) is 94.5 cm³/mol. The molecule has 1 aliphatic rings. The van der Waals surface area contributed by atoms with Gasteiger partial charge < -0.3 is 4.57 Å². The van der Waals surface area contributed by atoms with Gasteiger partial charge in [0.1, 0.15) is 5.82 Å². The van der Waals surface area contributed by atoms with Crippen molar-refractivity contribution >= 4 is 11.0 Å². The zero-order valence-electron chi connectivity index (χ0n) is 19.1. The summed E-state index contributed by atoms with van der Waals surface area (Å²) in [7, 11) is 0. The van der Waals surface area contributed by atoms with Gasteiger partial charge in [-0.25, -0.2) is 4.98 Å². The van der Waals surface area contributed by atoms with Crippen LogP contribution in [-0.2, 0) is 13.0 Å². The van der Waals surface area contributed by atoms with E-state index in [1.165, 1.54) is 0 Å². The first kappa shape index (κ1) is 9.24. The van der Waals surface area contributed by atoms with E-state index in [1.54, 1.807) is 21.6 Å². The molecule has 0 bridgehead atoms. The molecular formula is C20H23N3. The van der Waals surface area contributed by atoms with Crippen LogP contribution < -0.4 is 0 Å². The zero-order chi connectivity index (χ0) is 21.0. The zero-order valence-corrected chi connectivity index (χ0v) is 13.1. The normalized spacial score (nSPS) is 24.4. The Labute approximate surface area is 146 Å². The fourth-order valence-corrected chi connectivity index (χ4v) is 2.77. The predicted octanol–water partition coefficient (Wildman–Crippen LogP) is 3.99. The maximum absolute atomic E-state index is 8.87. The van der Waals surface area contributed by atoms with Crippen LogP contribution >= 0.6 is 0 Å². The third kappa shape index (κ3) is 3.02. The minimum absolute atomic E-state index is 0.0588. The van der Waals surface area contributed by atoms with Gasteiger partial charge >= 0.3 is 0 Å². The average molecular weight is 311 g/mol. The van der Waals surface area contributed by atoms with E-state index in [4.69, 9.17) is 8.22 Å². The van der Waals surface area contributed by atoms with Gasteiger partial charge in [-0.1, -0.05) is 42.0 Å². The van der Waals surface area contributed by atoms with Gasteiger partial charge in [0.05, 0.1) is 20.3 Å². The third-order valence-corrected chi connectivity index (χ3v) is 4.02. The molecule has 0 unspecified atom stereocenters. The van der Waals surface area contributed by atoms with Crippen molar-refractivity contribution in [1.29, 1.82) is 0 Å². The highest BCUT2D eigenvalue weighted by Gasteiger charge is 2.17. The van der Waals surface area contributed by atoms with Crippen LogP contribution in [0.15, 0.2) is 48.5 Å². The van der Waals surface area contributed by atoms with Crippen molar-refractivity contribution in [2.45, 2.75) is 32.7 Å². The molecule has 1 aromatic heterocycles. The van der Waals surface area contributed by atoms with Gasteiger partial charge in [0.15, 0.2) is 0 Å². The summed E-state index contributed by atoms with van der Waals surface area (Å²) in [5, 5.41) is 0. The number of fused-ring (bicyclic) bond motifs is 1. The van der Waals surface area contributed by atoms with Gasteiger partial charge in [-0.05, 0) is 50.5 Å². The van der Waals surface area contributed by atoms with E-state index in [0.29, 0.717) is 22.4 Å². The van der Waals surface area contributed by atoms with E-state index >= 15 is 0 Å². The van der Waals surface area contributed by atoms with Crippen LogP contribution in [0.4, 0.5) is 0 Å². The molecule has 3 aromatic rings. The van der Waals surface area contributed by atoms with Gasteiger partial charge in [0.25, 0.3) is 0 Å². The number of benzene rings is 2. The number of para-hydroxylation sites is 2. The molecule has 4 rings (SSSR count). The first-order valence-electron chi connectivity index (χ1n) is 10.8. The lowest BCUT2D eigenvalue weighted by Gasteiger charge is -2.16. The standard InChI is InChI=1S/C20H23N3/c1-16-8-10-17(11-9-16)14-23-19-7-3-2-6-18(19)21-20(23)15-22-12-4-5-13-22/h2-3,6-11H,4-5,12-15H2,1H3/i4D2,5D2,14D2. The second kappa shape index (κ2) is 6.17.